The van der Waals surface area contributed by atoms with Crippen molar-refractivity contribution in [3.8, 4) is 0 Å². The summed E-state index contributed by atoms with van der Waals surface area (Å²) in [4.78, 5) is 0. The van der Waals surface area contributed by atoms with Gasteiger partial charge in [0.25, 0.3) is 5.92 Å². The van der Waals surface area contributed by atoms with Gasteiger partial charge in [0.15, 0.2) is 9.84 Å². The standard InChI is InChI=1S/C5H9F2NO2S/c6-5(7)1-2-11(9,10)3-4(5)8/h4H,1-3,8H2. The molecule has 0 aromatic rings. The zero-order chi connectivity index (χ0) is 8.70. The molecule has 6 heteroatoms. The van der Waals surface area contributed by atoms with Crippen LogP contribution in [0.25, 0.3) is 0 Å². The van der Waals surface area contributed by atoms with Crippen LogP contribution >= 0.6 is 0 Å². The van der Waals surface area contributed by atoms with E-state index in [1.165, 1.54) is 0 Å². The summed E-state index contributed by atoms with van der Waals surface area (Å²) in [7, 11) is -3.31. The summed E-state index contributed by atoms with van der Waals surface area (Å²) in [6, 6.07) is -1.53. The minimum absolute atomic E-state index is 0.451. The molecule has 0 spiro atoms. The fraction of sp³-hybridized carbons (Fsp3) is 1.00. The molecule has 2 N–H and O–H groups in total. The number of hydrogen-bond acceptors (Lipinski definition) is 3. The molecule has 66 valence electrons. The van der Waals surface area contributed by atoms with Crippen LogP contribution in [0.2, 0.25) is 0 Å². The van der Waals surface area contributed by atoms with Gasteiger partial charge < -0.3 is 5.73 Å². The Morgan fingerprint density at radius 3 is 2.36 bits per heavy atom. The largest absolute Gasteiger partial charge is 0.322 e. The maximum atomic E-state index is 12.6. The minimum atomic E-state index is -3.31. The maximum Gasteiger partial charge on any atom is 0.264 e. The highest BCUT2D eigenvalue weighted by Gasteiger charge is 2.44. The molecule has 0 amide bonds. The summed E-state index contributed by atoms with van der Waals surface area (Å²) in [5, 5.41) is 0. The van der Waals surface area contributed by atoms with E-state index in [0.29, 0.717) is 0 Å². The van der Waals surface area contributed by atoms with Crippen LogP contribution in [-0.4, -0.2) is 31.9 Å². The van der Waals surface area contributed by atoms with Crippen LogP contribution in [-0.2, 0) is 9.84 Å². The van der Waals surface area contributed by atoms with Gasteiger partial charge in [-0.25, -0.2) is 17.2 Å². The highest BCUT2D eigenvalue weighted by molar-refractivity contribution is 7.91. The molecule has 1 unspecified atom stereocenters. The lowest BCUT2D eigenvalue weighted by Gasteiger charge is -2.27. The van der Waals surface area contributed by atoms with Gasteiger partial charge in [-0.15, -0.1) is 0 Å². The molecule has 0 radical (unpaired) electrons. The predicted molar refractivity (Wildman–Crippen MR) is 36.2 cm³/mol. The molecule has 1 saturated heterocycles. The van der Waals surface area contributed by atoms with Gasteiger partial charge in [-0.2, -0.15) is 0 Å². The molecule has 0 aromatic heterocycles. The van der Waals surface area contributed by atoms with Crippen LogP contribution in [0.1, 0.15) is 6.42 Å². The third-order valence-electron chi connectivity index (χ3n) is 1.72. The Balaban J connectivity index is 2.78. The Kier molecular flexibility index (Phi) is 1.92. The summed E-state index contributed by atoms with van der Waals surface area (Å²) in [5.41, 5.74) is 4.96. The molecule has 0 aromatic carbocycles. The maximum absolute atomic E-state index is 12.6. The van der Waals surface area contributed by atoms with Gasteiger partial charge in [-0.3, -0.25) is 0 Å². The Morgan fingerprint density at radius 1 is 1.45 bits per heavy atom. The molecule has 1 aliphatic rings. The number of alkyl halides is 2. The van der Waals surface area contributed by atoms with E-state index in [4.69, 9.17) is 5.73 Å². The van der Waals surface area contributed by atoms with Crippen molar-refractivity contribution < 1.29 is 17.2 Å². The van der Waals surface area contributed by atoms with Crippen LogP contribution in [0.3, 0.4) is 0 Å². The molecule has 0 aliphatic carbocycles. The molecule has 11 heavy (non-hydrogen) atoms. The van der Waals surface area contributed by atoms with E-state index < -0.39 is 39.7 Å². The first-order valence-electron chi connectivity index (χ1n) is 3.17. The summed E-state index contributed by atoms with van der Waals surface area (Å²) >= 11 is 0. The van der Waals surface area contributed by atoms with Crippen molar-refractivity contribution >= 4 is 9.84 Å². The number of nitrogens with two attached hydrogens (primary N) is 1. The molecule has 1 rings (SSSR count). The second-order valence-corrected chi connectivity index (χ2v) is 4.96. The molecular weight excluding hydrogens is 176 g/mol. The van der Waals surface area contributed by atoms with Crippen LogP contribution < -0.4 is 5.73 Å². The highest BCUT2D eigenvalue weighted by atomic mass is 32.2. The van der Waals surface area contributed by atoms with Crippen molar-refractivity contribution in [3.63, 3.8) is 0 Å². The van der Waals surface area contributed by atoms with E-state index in [-0.39, 0.29) is 0 Å². The summed E-state index contributed by atoms with van der Waals surface area (Å²) in [6.45, 7) is 0. The first kappa shape index (κ1) is 8.86. The third kappa shape index (κ3) is 1.87. The van der Waals surface area contributed by atoms with Crippen molar-refractivity contribution in [2.24, 2.45) is 5.73 Å². The number of hydrogen-bond donors (Lipinski definition) is 1. The first-order valence-corrected chi connectivity index (χ1v) is 4.99. The van der Waals surface area contributed by atoms with Crippen LogP contribution in [0.15, 0.2) is 0 Å². The Labute approximate surface area is 63.5 Å². The molecule has 0 saturated carbocycles. The van der Waals surface area contributed by atoms with Crippen LogP contribution in [0.4, 0.5) is 8.78 Å². The smallest absolute Gasteiger partial charge is 0.264 e. The number of rotatable bonds is 0. The Hall–Kier alpha value is -0.230. The number of halogens is 2. The van der Waals surface area contributed by atoms with E-state index in [2.05, 4.69) is 0 Å². The van der Waals surface area contributed by atoms with Crippen molar-refractivity contribution in [2.75, 3.05) is 11.5 Å². The highest BCUT2D eigenvalue weighted by Crippen LogP contribution is 2.27. The molecule has 3 nitrogen and oxygen atoms in total. The lowest BCUT2D eigenvalue weighted by Crippen LogP contribution is -2.51. The van der Waals surface area contributed by atoms with Gasteiger partial charge in [-0.1, -0.05) is 0 Å². The summed E-state index contributed by atoms with van der Waals surface area (Å²) in [5.74, 6) is -4.06. The fourth-order valence-corrected chi connectivity index (χ4v) is 2.50. The Bertz CT molecular complexity index is 249. The number of sulfone groups is 1. The van der Waals surface area contributed by atoms with E-state index in [0.717, 1.165) is 0 Å². The topological polar surface area (TPSA) is 60.2 Å². The molecular formula is C5H9F2NO2S. The minimum Gasteiger partial charge on any atom is -0.322 e. The van der Waals surface area contributed by atoms with Crippen molar-refractivity contribution in [1.82, 2.24) is 0 Å². The SMILES string of the molecule is NC1CS(=O)(=O)CCC1(F)F. The monoisotopic (exact) mass is 185 g/mol. The quantitative estimate of drug-likeness (QED) is 0.567. The van der Waals surface area contributed by atoms with E-state index in [1.807, 2.05) is 0 Å². The lowest BCUT2D eigenvalue weighted by molar-refractivity contribution is -0.0250. The van der Waals surface area contributed by atoms with E-state index in [1.54, 1.807) is 0 Å². The zero-order valence-electron chi connectivity index (χ0n) is 5.76. The molecule has 0 bridgehead atoms. The molecule has 1 fully saturated rings. The predicted octanol–water partition coefficient (Wildman–Crippen LogP) is -0.233. The van der Waals surface area contributed by atoms with Gasteiger partial charge in [0.05, 0.1) is 17.5 Å². The average Bonchev–Trinajstić information content (AvgIpc) is 1.81. The summed E-state index contributed by atoms with van der Waals surface area (Å²) < 4.78 is 46.6. The average molecular weight is 185 g/mol. The van der Waals surface area contributed by atoms with Gasteiger partial charge in [0.1, 0.15) is 0 Å². The van der Waals surface area contributed by atoms with Crippen molar-refractivity contribution in [3.05, 3.63) is 0 Å². The lowest BCUT2D eigenvalue weighted by atomic mass is 10.1. The van der Waals surface area contributed by atoms with Gasteiger partial charge in [0.2, 0.25) is 0 Å². The van der Waals surface area contributed by atoms with Gasteiger partial charge in [-0.05, 0) is 0 Å². The van der Waals surface area contributed by atoms with E-state index in [9.17, 15) is 17.2 Å². The van der Waals surface area contributed by atoms with Crippen molar-refractivity contribution in [2.45, 2.75) is 18.4 Å². The third-order valence-corrected chi connectivity index (χ3v) is 3.42. The molecule has 1 heterocycles. The fourth-order valence-electron chi connectivity index (χ4n) is 0.956. The first-order chi connectivity index (χ1) is 4.83. The zero-order valence-corrected chi connectivity index (χ0v) is 6.57. The van der Waals surface area contributed by atoms with Gasteiger partial charge in [0, 0.05) is 6.42 Å². The summed E-state index contributed by atoms with van der Waals surface area (Å²) in [6.07, 6.45) is -0.642. The molecule has 1 aliphatic heterocycles. The normalized spacial score (nSPS) is 35.0. The second kappa shape index (κ2) is 2.38. The van der Waals surface area contributed by atoms with Crippen molar-refractivity contribution in [1.29, 1.82) is 0 Å². The van der Waals surface area contributed by atoms with Crippen LogP contribution in [0.5, 0.6) is 0 Å². The molecule has 1 atom stereocenters. The van der Waals surface area contributed by atoms with Gasteiger partial charge >= 0.3 is 0 Å². The Morgan fingerprint density at radius 2 is 2.00 bits per heavy atom. The van der Waals surface area contributed by atoms with E-state index >= 15 is 0 Å². The van der Waals surface area contributed by atoms with Crippen LogP contribution in [0, 0.1) is 0 Å². The second-order valence-electron chi connectivity index (χ2n) is 2.73.